The Labute approximate surface area is 130 Å². The number of aryl methyl sites for hydroxylation is 1. The molecule has 3 heteroatoms. The molecular formula is C16H15Br2F. The van der Waals surface area contributed by atoms with Crippen LogP contribution in [-0.4, -0.2) is 5.33 Å². The summed E-state index contributed by atoms with van der Waals surface area (Å²) in [7, 11) is 0. The van der Waals surface area contributed by atoms with E-state index in [-0.39, 0.29) is 5.82 Å². The Kier molecular flexibility index (Phi) is 5.17. The van der Waals surface area contributed by atoms with Gasteiger partial charge in [-0.15, -0.1) is 0 Å². The predicted octanol–water partition coefficient (Wildman–Crippen LogP) is 5.62. The van der Waals surface area contributed by atoms with Gasteiger partial charge in [0.15, 0.2) is 0 Å². The summed E-state index contributed by atoms with van der Waals surface area (Å²) < 4.78 is 13.8. The summed E-state index contributed by atoms with van der Waals surface area (Å²) in [5, 5.41) is 0.896. The molecular weight excluding hydrogens is 371 g/mol. The van der Waals surface area contributed by atoms with Crippen LogP contribution in [-0.2, 0) is 6.42 Å². The van der Waals surface area contributed by atoms with Crippen LogP contribution >= 0.6 is 31.9 Å². The molecule has 0 aliphatic rings. The molecule has 0 heterocycles. The molecule has 2 aromatic carbocycles. The number of alkyl halides is 1. The second-order valence-corrected chi connectivity index (χ2v) is 6.16. The highest BCUT2D eigenvalue weighted by molar-refractivity contribution is 9.10. The van der Waals surface area contributed by atoms with Gasteiger partial charge in [-0.1, -0.05) is 46.3 Å². The largest absolute Gasteiger partial charge is 0.206 e. The molecule has 1 atom stereocenters. The van der Waals surface area contributed by atoms with Gasteiger partial charge in [0.05, 0.1) is 4.47 Å². The van der Waals surface area contributed by atoms with Crippen molar-refractivity contribution in [1.29, 1.82) is 0 Å². The highest BCUT2D eigenvalue weighted by Crippen LogP contribution is 2.27. The van der Waals surface area contributed by atoms with Crippen LogP contribution in [0.25, 0.3) is 0 Å². The van der Waals surface area contributed by atoms with E-state index < -0.39 is 0 Å². The number of halogens is 3. The quantitative estimate of drug-likeness (QED) is 0.599. The zero-order valence-corrected chi connectivity index (χ0v) is 13.8. The van der Waals surface area contributed by atoms with Crippen molar-refractivity contribution in [3.05, 3.63) is 69.4 Å². The van der Waals surface area contributed by atoms with Gasteiger partial charge in [-0.3, -0.25) is 0 Å². The van der Waals surface area contributed by atoms with Gasteiger partial charge in [0.25, 0.3) is 0 Å². The molecule has 0 saturated carbocycles. The lowest BCUT2D eigenvalue weighted by Gasteiger charge is -2.17. The molecule has 0 amide bonds. The second-order valence-electron chi connectivity index (χ2n) is 4.66. The molecule has 0 radical (unpaired) electrons. The Balaban J connectivity index is 2.24. The molecule has 0 aliphatic heterocycles. The van der Waals surface area contributed by atoms with Crippen LogP contribution in [0.1, 0.15) is 22.6 Å². The van der Waals surface area contributed by atoms with Crippen molar-refractivity contribution in [3.8, 4) is 0 Å². The van der Waals surface area contributed by atoms with Crippen molar-refractivity contribution in [3.63, 3.8) is 0 Å². The highest BCUT2D eigenvalue weighted by Gasteiger charge is 2.13. The topological polar surface area (TPSA) is 0 Å². The van der Waals surface area contributed by atoms with Crippen molar-refractivity contribution in [1.82, 2.24) is 0 Å². The number of benzene rings is 2. The standard InChI is InChI=1S/C16H15Br2F/c1-11-4-2-3-5-14(11)13(10-17)8-12-6-7-16(19)15(18)9-12/h2-7,9,13H,8,10H2,1H3. The normalized spacial score (nSPS) is 12.4. The first-order valence-corrected chi connectivity index (χ1v) is 8.08. The molecule has 0 fully saturated rings. The van der Waals surface area contributed by atoms with Crippen molar-refractivity contribution < 1.29 is 4.39 Å². The molecule has 2 rings (SSSR count). The molecule has 2 aromatic rings. The van der Waals surface area contributed by atoms with Gasteiger partial charge in [-0.2, -0.15) is 0 Å². The number of hydrogen-bond acceptors (Lipinski definition) is 0. The molecule has 0 N–H and O–H groups in total. The van der Waals surface area contributed by atoms with E-state index in [9.17, 15) is 4.39 Å². The zero-order chi connectivity index (χ0) is 13.8. The van der Waals surface area contributed by atoms with Gasteiger partial charge >= 0.3 is 0 Å². The summed E-state index contributed by atoms with van der Waals surface area (Å²) in [5.74, 6) is 0.189. The van der Waals surface area contributed by atoms with Crippen molar-refractivity contribution in [2.75, 3.05) is 5.33 Å². The molecule has 0 aliphatic carbocycles. The lowest BCUT2D eigenvalue weighted by Crippen LogP contribution is -2.06. The van der Waals surface area contributed by atoms with Crippen LogP contribution in [0.15, 0.2) is 46.9 Å². The van der Waals surface area contributed by atoms with Crippen molar-refractivity contribution >= 4 is 31.9 Å². The molecule has 0 spiro atoms. The van der Waals surface area contributed by atoms with Gasteiger partial charge in [0.2, 0.25) is 0 Å². The van der Waals surface area contributed by atoms with Crippen molar-refractivity contribution in [2.24, 2.45) is 0 Å². The Morgan fingerprint density at radius 3 is 2.53 bits per heavy atom. The third-order valence-electron chi connectivity index (χ3n) is 3.28. The van der Waals surface area contributed by atoms with E-state index in [4.69, 9.17) is 0 Å². The second kappa shape index (κ2) is 6.67. The molecule has 100 valence electrons. The maximum Gasteiger partial charge on any atom is 0.137 e. The van der Waals surface area contributed by atoms with Gasteiger partial charge in [0, 0.05) is 5.33 Å². The van der Waals surface area contributed by atoms with Crippen LogP contribution < -0.4 is 0 Å². The zero-order valence-electron chi connectivity index (χ0n) is 10.7. The summed E-state index contributed by atoms with van der Waals surface area (Å²) in [4.78, 5) is 0. The van der Waals surface area contributed by atoms with E-state index in [2.05, 4.69) is 63.0 Å². The lowest BCUT2D eigenvalue weighted by molar-refractivity contribution is 0.619. The van der Waals surface area contributed by atoms with Crippen LogP contribution in [0, 0.1) is 12.7 Å². The maximum atomic E-state index is 13.2. The minimum atomic E-state index is -0.213. The Hall–Kier alpha value is -0.670. The molecule has 0 aromatic heterocycles. The first kappa shape index (κ1) is 14.7. The highest BCUT2D eigenvalue weighted by atomic mass is 79.9. The Bertz CT molecular complexity index is 566. The van der Waals surface area contributed by atoms with E-state index in [0.29, 0.717) is 10.4 Å². The summed E-state index contributed by atoms with van der Waals surface area (Å²) in [6, 6.07) is 13.7. The number of hydrogen-bond donors (Lipinski definition) is 0. The fourth-order valence-corrected chi connectivity index (χ4v) is 3.25. The van der Waals surface area contributed by atoms with E-state index >= 15 is 0 Å². The van der Waals surface area contributed by atoms with Gasteiger partial charge in [-0.05, 0) is 64.0 Å². The molecule has 0 saturated heterocycles. The average Bonchev–Trinajstić information content (AvgIpc) is 2.41. The SMILES string of the molecule is Cc1ccccc1C(CBr)Cc1ccc(F)c(Br)c1. The van der Waals surface area contributed by atoms with E-state index in [1.165, 1.54) is 17.2 Å². The fraction of sp³-hybridized carbons (Fsp3) is 0.250. The number of rotatable bonds is 4. The predicted molar refractivity (Wildman–Crippen MR) is 85.5 cm³/mol. The van der Waals surface area contributed by atoms with Crippen LogP contribution in [0.5, 0.6) is 0 Å². The molecule has 0 nitrogen and oxygen atoms in total. The first-order valence-electron chi connectivity index (χ1n) is 6.17. The summed E-state index contributed by atoms with van der Waals surface area (Å²) in [6.07, 6.45) is 0.898. The molecule has 1 unspecified atom stereocenters. The summed E-state index contributed by atoms with van der Waals surface area (Å²) >= 11 is 6.83. The average molecular weight is 386 g/mol. The lowest BCUT2D eigenvalue weighted by atomic mass is 9.91. The van der Waals surface area contributed by atoms with Crippen LogP contribution in [0.2, 0.25) is 0 Å². The summed E-state index contributed by atoms with van der Waals surface area (Å²) in [5.41, 5.74) is 3.79. The third-order valence-corrected chi connectivity index (χ3v) is 4.67. The molecule has 19 heavy (non-hydrogen) atoms. The van der Waals surface area contributed by atoms with Gasteiger partial charge < -0.3 is 0 Å². The van der Waals surface area contributed by atoms with Gasteiger partial charge in [0.1, 0.15) is 5.82 Å². The smallest absolute Gasteiger partial charge is 0.137 e. The van der Waals surface area contributed by atoms with Crippen LogP contribution in [0.3, 0.4) is 0 Å². The Morgan fingerprint density at radius 1 is 1.16 bits per heavy atom. The minimum absolute atomic E-state index is 0.213. The fourth-order valence-electron chi connectivity index (χ4n) is 2.24. The first-order chi connectivity index (χ1) is 9.11. The summed E-state index contributed by atoms with van der Waals surface area (Å²) in [6.45, 7) is 2.13. The monoisotopic (exact) mass is 384 g/mol. The van der Waals surface area contributed by atoms with Crippen LogP contribution in [0.4, 0.5) is 4.39 Å². The Morgan fingerprint density at radius 2 is 1.89 bits per heavy atom. The van der Waals surface area contributed by atoms with E-state index in [1.807, 2.05) is 12.1 Å². The maximum absolute atomic E-state index is 13.2. The van der Waals surface area contributed by atoms with Gasteiger partial charge in [-0.25, -0.2) is 4.39 Å². The minimum Gasteiger partial charge on any atom is -0.206 e. The van der Waals surface area contributed by atoms with E-state index in [1.54, 1.807) is 0 Å². The molecule has 0 bridgehead atoms. The third kappa shape index (κ3) is 3.67. The van der Waals surface area contributed by atoms with E-state index in [0.717, 1.165) is 17.3 Å². The van der Waals surface area contributed by atoms with Crippen molar-refractivity contribution in [2.45, 2.75) is 19.3 Å².